The van der Waals surface area contributed by atoms with Crippen molar-refractivity contribution in [2.24, 2.45) is 0 Å². The van der Waals surface area contributed by atoms with E-state index in [1.54, 1.807) is 0 Å². The maximum absolute atomic E-state index is 5.90. The van der Waals surface area contributed by atoms with Crippen LogP contribution in [-0.2, 0) is 0 Å². The van der Waals surface area contributed by atoms with Crippen molar-refractivity contribution in [2.75, 3.05) is 43.4 Å². The lowest BCUT2D eigenvalue weighted by Crippen LogP contribution is -2.49. The van der Waals surface area contributed by atoms with E-state index in [1.807, 2.05) is 6.92 Å². The first-order valence-corrected chi connectivity index (χ1v) is 8.44. The molecule has 6 heteroatoms. The largest absolute Gasteiger partial charge is 0.487 e. The zero-order chi connectivity index (χ0) is 13.9. The Morgan fingerprint density at radius 2 is 1.95 bits per heavy atom. The summed E-state index contributed by atoms with van der Waals surface area (Å²) < 4.78 is 9.90. The first-order chi connectivity index (χ1) is 9.79. The molecule has 1 aliphatic carbocycles. The first-order valence-electron chi connectivity index (χ1n) is 7.66. The Morgan fingerprint density at radius 1 is 1.25 bits per heavy atom. The van der Waals surface area contributed by atoms with Crippen molar-refractivity contribution in [1.82, 2.24) is 9.27 Å². The van der Waals surface area contributed by atoms with Gasteiger partial charge in [-0.1, -0.05) is 12.8 Å². The molecular formula is C14H24N4OS. The molecule has 2 N–H and O–H groups in total. The highest BCUT2D eigenvalue weighted by Crippen LogP contribution is 2.39. The second kappa shape index (κ2) is 6.18. The fraction of sp³-hybridized carbons (Fsp3) is 0.786. The van der Waals surface area contributed by atoms with E-state index in [0.29, 0.717) is 12.4 Å². The average molecular weight is 296 g/mol. The van der Waals surface area contributed by atoms with Gasteiger partial charge in [-0.2, -0.15) is 4.37 Å². The zero-order valence-electron chi connectivity index (χ0n) is 12.2. The maximum Gasteiger partial charge on any atom is 0.197 e. The van der Waals surface area contributed by atoms with Gasteiger partial charge in [0, 0.05) is 32.2 Å². The standard InChI is InChI=1S/C14H24N4OS/c1-2-19-12-13(15)16-20-14(12)18-9-7-17(8-10-18)11-5-3-4-6-11/h11H,2-10H2,1H3,(H2,15,16). The highest BCUT2D eigenvalue weighted by molar-refractivity contribution is 7.11. The quantitative estimate of drug-likeness (QED) is 0.923. The van der Waals surface area contributed by atoms with Crippen LogP contribution in [0.25, 0.3) is 0 Å². The van der Waals surface area contributed by atoms with Gasteiger partial charge >= 0.3 is 0 Å². The molecule has 0 spiro atoms. The second-order valence-electron chi connectivity index (χ2n) is 5.60. The fourth-order valence-corrected chi connectivity index (χ4v) is 4.14. The number of anilines is 2. The normalized spacial score (nSPS) is 21.6. The Bertz CT molecular complexity index is 436. The van der Waals surface area contributed by atoms with Gasteiger partial charge in [0.05, 0.1) is 6.61 Å². The number of nitrogen functional groups attached to an aromatic ring is 1. The van der Waals surface area contributed by atoms with E-state index < -0.39 is 0 Å². The van der Waals surface area contributed by atoms with Gasteiger partial charge in [0.25, 0.3) is 0 Å². The molecule has 3 rings (SSSR count). The van der Waals surface area contributed by atoms with Crippen LogP contribution in [0.2, 0.25) is 0 Å². The van der Waals surface area contributed by atoms with Gasteiger partial charge in [0.1, 0.15) is 0 Å². The minimum absolute atomic E-state index is 0.532. The molecule has 1 aromatic rings. The number of hydrogen-bond donors (Lipinski definition) is 1. The summed E-state index contributed by atoms with van der Waals surface area (Å²) in [6.45, 7) is 7.02. The smallest absolute Gasteiger partial charge is 0.197 e. The number of aromatic nitrogens is 1. The number of nitrogens with zero attached hydrogens (tertiary/aromatic N) is 3. The van der Waals surface area contributed by atoms with Crippen molar-refractivity contribution in [3.8, 4) is 5.75 Å². The maximum atomic E-state index is 5.90. The van der Waals surface area contributed by atoms with Crippen molar-refractivity contribution >= 4 is 22.4 Å². The Hall–Kier alpha value is -1.01. The predicted octanol–water partition coefficient (Wildman–Crippen LogP) is 2.19. The van der Waals surface area contributed by atoms with E-state index in [1.165, 1.54) is 37.2 Å². The van der Waals surface area contributed by atoms with E-state index in [9.17, 15) is 0 Å². The lowest BCUT2D eigenvalue weighted by Gasteiger charge is -2.38. The Kier molecular flexibility index (Phi) is 4.31. The van der Waals surface area contributed by atoms with Gasteiger partial charge in [0.2, 0.25) is 0 Å². The lowest BCUT2D eigenvalue weighted by atomic mass is 10.2. The second-order valence-corrected chi connectivity index (χ2v) is 6.35. The van der Waals surface area contributed by atoms with E-state index in [-0.39, 0.29) is 0 Å². The Labute approximate surface area is 124 Å². The van der Waals surface area contributed by atoms with Crippen LogP contribution in [0.1, 0.15) is 32.6 Å². The van der Waals surface area contributed by atoms with Crippen molar-refractivity contribution < 1.29 is 4.74 Å². The highest BCUT2D eigenvalue weighted by atomic mass is 32.1. The summed E-state index contributed by atoms with van der Waals surface area (Å²) in [5.41, 5.74) is 5.90. The average Bonchev–Trinajstić information content (AvgIpc) is 3.11. The van der Waals surface area contributed by atoms with Gasteiger partial charge in [-0.05, 0) is 31.3 Å². The minimum Gasteiger partial charge on any atom is -0.487 e. The third-order valence-corrected chi connectivity index (χ3v) is 5.29. The number of nitrogens with two attached hydrogens (primary N) is 1. The van der Waals surface area contributed by atoms with Gasteiger partial charge in [0.15, 0.2) is 16.6 Å². The first kappa shape index (κ1) is 13.9. The summed E-state index contributed by atoms with van der Waals surface area (Å²) in [4.78, 5) is 5.04. The van der Waals surface area contributed by atoms with Crippen LogP contribution in [0.5, 0.6) is 5.75 Å². The highest BCUT2D eigenvalue weighted by Gasteiger charge is 2.28. The summed E-state index contributed by atoms with van der Waals surface area (Å²) in [5, 5.41) is 1.11. The molecule has 2 fully saturated rings. The summed E-state index contributed by atoms with van der Waals surface area (Å²) >= 11 is 1.46. The van der Waals surface area contributed by atoms with Gasteiger partial charge in [-0.25, -0.2) is 0 Å². The van der Waals surface area contributed by atoms with Crippen molar-refractivity contribution in [3.05, 3.63) is 0 Å². The van der Waals surface area contributed by atoms with Crippen LogP contribution in [-0.4, -0.2) is 48.1 Å². The molecule has 2 heterocycles. The molecule has 1 saturated carbocycles. The van der Waals surface area contributed by atoms with Crippen LogP contribution >= 0.6 is 11.5 Å². The molecule has 0 unspecified atom stereocenters. The van der Waals surface area contributed by atoms with Crippen LogP contribution in [0.3, 0.4) is 0 Å². The molecule has 5 nitrogen and oxygen atoms in total. The van der Waals surface area contributed by atoms with Crippen LogP contribution in [0.4, 0.5) is 10.8 Å². The van der Waals surface area contributed by atoms with Crippen LogP contribution < -0.4 is 15.4 Å². The fourth-order valence-electron chi connectivity index (χ4n) is 3.33. The van der Waals surface area contributed by atoms with Gasteiger partial charge < -0.3 is 15.4 Å². The van der Waals surface area contributed by atoms with Gasteiger partial charge in [-0.15, -0.1) is 0 Å². The van der Waals surface area contributed by atoms with Gasteiger partial charge in [-0.3, -0.25) is 4.90 Å². The van der Waals surface area contributed by atoms with E-state index >= 15 is 0 Å². The van der Waals surface area contributed by atoms with Crippen molar-refractivity contribution in [1.29, 1.82) is 0 Å². The molecule has 0 radical (unpaired) electrons. The molecule has 1 saturated heterocycles. The van der Waals surface area contributed by atoms with Crippen LogP contribution in [0.15, 0.2) is 0 Å². The molecule has 1 aliphatic heterocycles. The topological polar surface area (TPSA) is 54.6 Å². The van der Waals surface area contributed by atoms with Crippen molar-refractivity contribution in [3.63, 3.8) is 0 Å². The summed E-state index contributed by atoms with van der Waals surface area (Å²) in [6, 6.07) is 0.829. The Morgan fingerprint density at radius 3 is 2.60 bits per heavy atom. The number of rotatable bonds is 4. The number of hydrogen-bond acceptors (Lipinski definition) is 6. The molecule has 20 heavy (non-hydrogen) atoms. The zero-order valence-corrected chi connectivity index (χ0v) is 13.0. The molecular weight excluding hydrogens is 272 g/mol. The SMILES string of the molecule is CCOc1c(N)nsc1N1CCN(C2CCCC2)CC1. The minimum atomic E-state index is 0.532. The van der Waals surface area contributed by atoms with Crippen LogP contribution in [0, 0.1) is 0 Å². The summed E-state index contributed by atoms with van der Waals surface area (Å²) in [7, 11) is 0. The number of piperazine rings is 1. The van der Waals surface area contributed by atoms with E-state index in [2.05, 4.69) is 14.2 Å². The third kappa shape index (κ3) is 2.72. The lowest BCUT2D eigenvalue weighted by molar-refractivity contribution is 0.187. The van der Waals surface area contributed by atoms with E-state index in [0.717, 1.165) is 43.0 Å². The number of ether oxygens (including phenoxy) is 1. The molecule has 2 aliphatic rings. The molecule has 0 amide bonds. The summed E-state index contributed by atoms with van der Waals surface area (Å²) in [5.74, 6) is 1.32. The molecule has 0 aromatic carbocycles. The monoisotopic (exact) mass is 296 g/mol. The Balaban J connectivity index is 1.62. The predicted molar refractivity (Wildman–Crippen MR) is 83.7 cm³/mol. The summed E-state index contributed by atoms with van der Waals surface area (Å²) in [6.07, 6.45) is 5.59. The van der Waals surface area contributed by atoms with E-state index in [4.69, 9.17) is 10.5 Å². The molecule has 112 valence electrons. The molecule has 1 aromatic heterocycles. The van der Waals surface area contributed by atoms with Crippen molar-refractivity contribution in [2.45, 2.75) is 38.6 Å². The third-order valence-electron chi connectivity index (χ3n) is 4.39. The molecule has 0 bridgehead atoms. The molecule has 0 atom stereocenters.